The Labute approximate surface area is 150 Å². The predicted molar refractivity (Wildman–Crippen MR) is 97.1 cm³/mol. The van der Waals surface area contributed by atoms with Gasteiger partial charge in [-0.25, -0.2) is 4.79 Å². The molecule has 5 heteroatoms. The van der Waals surface area contributed by atoms with Gasteiger partial charge in [-0.1, -0.05) is 36.4 Å². The summed E-state index contributed by atoms with van der Waals surface area (Å²) in [6.07, 6.45) is 0.189. The third-order valence-electron chi connectivity index (χ3n) is 4.83. The first-order valence-electron chi connectivity index (χ1n) is 8.36. The number of benzene rings is 3. The van der Waals surface area contributed by atoms with Crippen LogP contribution in [-0.2, 0) is 17.8 Å². The van der Waals surface area contributed by atoms with Crippen molar-refractivity contribution in [3.8, 4) is 5.75 Å². The molecule has 0 bridgehead atoms. The molecular formula is C21H17NO4. The Kier molecular flexibility index (Phi) is 3.84. The van der Waals surface area contributed by atoms with Crippen molar-refractivity contribution in [1.82, 2.24) is 4.90 Å². The minimum atomic E-state index is -1.04. The Morgan fingerprint density at radius 2 is 1.69 bits per heavy atom. The summed E-state index contributed by atoms with van der Waals surface area (Å²) in [5.74, 6) is -1.17. The average Bonchev–Trinajstić information content (AvgIpc) is 2.95. The molecule has 2 N–H and O–H groups in total. The summed E-state index contributed by atoms with van der Waals surface area (Å²) in [5.41, 5.74) is 2.18. The number of hydrogen-bond acceptors (Lipinski definition) is 3. The summed E-state index contributed by atoms with van der Waals surface area (Å²) in [7, 11) is 0. The van der Waals surface area contributed by atoms with Crippen LogP contribution in [0.5, 0.6) is 5.75 Å². The second-order valence-electron chi connectivity index (χ2n) is 6.51. The number of phenols is 1. The van der Waals surface area contributed by atoms with Gasteiger partial charge in [0, 0.05) is 18.5 Å². The topological polar surface area (TPSA) is 77.8 Å². The van der Waals surface area contributed by atoms with Crippen molar-refractivity contribution in [2.75, 3.05) is 0 Å². The number of hydrogen-bond donors (Lipinski definition) is 2. The average molecular weight is 347 g/mol. The van der Waals surface area contributed by atoms with E-state index >= 15 is 0 Å². The van der Waals surface area contributed by atoms with Crippen molar-refractivity contribution in [2.24, 2.45) is 0 Å². The van der Waals surface area contributed by atoms with Gasteiger partial charge in [0.15, 0.2) is 0 Å². The maximum absolute atomic E-state index is 12.9. The second kappa shape index (κ2) is 6.19. The van der Waals surface area contributed by atoms with E-state index in [0.717, 1.165) is 21.9 Å². The number of aromatic hydroxyl groups is 1. The SMILES string of the molecule is O=C(O)C(Cc1ccc(O)cc1)N1Cc2cc3ccccc3cc2C1=O. The van der Waals surface area contributed by atoms with E-state index in [1.54, 1.807) is 12.1 Å². The third kappa shape index (κ3) is 2.77. The fourth-order valence-electron chi connectivity index (χ4n) is 3.47. The first-order chi connectivity index (χ1) is 12.5. The summed E-state index contributed by atoms with van der Waals surface area (Å²) in [6.45, 7) is 0.286. The Morgan fingerprint density at radius 3 is 2.35 bits per heavy atom. The van der Waals surface area contributed by atoms with Crippen LogP contribution in [-0.4, -0.2) is 33.0 Å². The van der Waals surface area contributed by atoms with Crippen molar-refractivity contribution in [1.29, 1.82) is 0 Å². The molecule has 0 fully saturated rings. The van der Waals surface area contributed by atoms with Gasteiger partial charge in [0.2, 0.25) is 0 Å². The van der Waals surface area contributed by atoms with Crippen molar-refractivity contribution in [3.05, 3.63) is 77.4 Å². The summed E-state index contributed by atoms with van der Waals surface area (Å²) in [6, 6.07) is 17.0. The second-order valence-corrected chi connectivity index (χ2v) is 6.51. The Balaban J connectivity index is 1.66. The summed E-state index contributed by atoms with van der Waals surface area (Å²) < 4.78 is 0. The number of fused-ring (bicyclic) bond motifs is 2. The number of phenolic OH excluding ortho intramolecular Hbond substituents is 1. The Morgan fingerprint density at radius 1 is 1.04 bits per heavy atom. The number of aliphatic carboxylic acids is 1. The van der Waals surface area contributed by atoms with Gasteiger partial charge in [-0.05, 0) is 46.2 Å². The molecule has 0 saturated carbocycles. The number of carboxylic acid groups (broad SMARTS) is 1. The zero-order valence-corrected chi connectivity index (χ0v) is 13.9. The normalized spacial score (nSPS) is 14.5. The molecule has 4 rings (SSSR count). The van der Waals surface area contributed by atoms with Crippen LogP contribution in [0, 0.1) is 0 Å². The van der Waals surface area contributed by atoms with Crippen LogP contribution in [0.1, 0.15) is 21.5 Å². The standard InChI is InChI=1S/C21H17NO4/c23-17-7-5-13(6-8-17)9-19(21(25)26)22-12-16-10-14-3-1-2-4-15(14)11-18(16)20(22)24/h1-8,10-11,19,23H,9,12H2,(H,25,26). The van der Waals surface area contributed by atoms with E-state index < -0.39 is 12.0 Å². The van der Waals surface area contributed by atoms with E-state index in [-0.39, 0.29) is 24.6 Å². The lowest BCUT2D eigenvalue weighted by Gasteiger charge is -2.24. The van der Waals surface area contributed by atoms with E-state index in [2.05, 4.69) is 0 Å². The van der Waals surface area contributed by atoms with Crippen LogP contribution in [0.15, 0.2) is 60.7 Å². The minimum absolute atomic E-state index is 0.122. The lowest BCUT2D eigenvalue weighted by Crippen LogP contribution is -2.42. The number of carbonyl (C=O) groups is 2. The van der Waals surface area contributed by atoms with Crippen molar-refractivity contribution in [2.45, 2.75) is 19.0 Å². The fraction of sp³-hybridized carbons (Fsp3) is 0.143. The number of amides is 1. The maximum Gasteiger partial charge on any atom is 0.326 e. The minimum Gasteiger partial charge on any atom is -0.508 e. The molecule has 0 spiro atoms. The molecule has 0 aromatic heterocycles. The highest BCUT2D eigenvalue weighted by molar-refractivity contribution is 6.04. The number of nitrogens with zero attached hydrogens (tertiary/aromatic N) is 1. The van der Waals surface area contributed by atoms with Crippen LogP contribution in [0.4, 0.5) is 0 Å². The summed E-state index contributed by atoms with van der Waals surface area (Å²) in [4.78, 5) is 26.1. The number of rotatable bonds is 4. The van der Waals surface area contributed by atoms with Gasteiger partial charge >= 0.3 is 5.97 Å². The molecule has 0 aliphatic carbocycles. The largest absolute Gasteiger partial charge is 0.508 e. The molecular weight excluding hydrogens is 330 g/mol. The van der Waals surface area contributed by atoms with E-state index in [1.807, 2.05) is 36.4 Å². The maximum atomic E-state index is 12.9. The molecule has 1 unspecified atom stereocenters. The van der Waals surface area contributed by atoms with Crippen LogP contribution < -0.4 is 0 Å². The van der Waals surface area contributed by atoms with Crippen LogP contribution >= 0.6 is 0 Å². The van der Waals surface area contributed by atoms with Gasteiger partial charge in [0.05, 0.1) is 0 Å². The zero-order valence-electron chi connectivity index (χ0n) is 13.9. The van der Waals surface area contributed by atoms with E-state index in [4.69, 9.17) is 0 Å². The first kappa shape index (κ1) is 16.1. The Bertz CT molecular complexity index is 1010. The van der Waals surface area contributed by atoms with Gasteiger partial charge in [0.25, 0.3) is 5.91 Å². The van der Waals surface area contributed by atoms with E-state index in [1.165, 1.54) is 17.0 Å². The van der Waals surface area contributed by atoms with Gasteiger partial charge in [0.1, 0.15) is 11.8 Å². The van der Waals surface area contributed by atoms with Gasteiger partial charge in [-0.3, -0.25) is 4.79 Å². The van der Waals surface area contributed by atoms with Crippen molar-refractivity contribution in [3.63, 3.8) is 0 Å². The molecule has 3 aromatic rings. The van der Waals surface area contributed by atoms with Crippen LogP contribution in [0.25, 0.3) is 10.8 Å². The molecule has 0 saturated heterocycles. The number of carboxylic acids is 1. The summed E-state index contributed by atoms with van der Waals surface area (Å²) >= 11 is 0. The summed E-state index contributed by atoms with van der Waals surface area (Å²) in [5, 5.41) is 21.1. The smallest absolute Gasteiger partial charge is 0.326 e. The zero-order chi connectivity index (χ0) is 18.3. The molecule has 1 aliphatic rings. The third-order valence-corrected chi connectivity index (χ3v) is 4.83. The van der Waals surface area contributed by atoms with E-state index in [0.29, 0.717) is 5.56 Å². The first-order valence-corrected chi connectivity index (χ1v) is 8.36. The van der Waals surface area contributed by atoms with Crippen LogP contribution in [0.2, 0.25) is 0 Å². The quantitative estimate of drug-likeness (QED) is 0.760. The fourth-order valence-corrected chi connectivity index (χ4v) is 3.47. The molecule has 1 atom stereocenters. The molecule has 0 radical (unpaired) electrons. The molecule has 1 amide bonds. The Hall–Kier alpha value is -3.34. The molecule has 1 aliphatic heterocycles. The lowest BCUT2D eigenvalue weighted by molar-refractivity contribution is -0.142. The monoisotopic (exact) mass is 347 g/mol. The van der Waals surface area contributed by atoms with Crippen LogP contribution in [0.3, 0.4) is 0 Å². The molecule has 26 heavy (non-hydrogen) atoms. The van der Waals surface area contributed by atoms with Crippen molar-refractivity contribution >= 4 is 22.6 Å². The number of carbonyl (C=O) groups excluding carboxylic acids is 1. The van der Waals surface area contributed by atoms with E-state index in [9.17, 15) is 19.8 Å². The molecule has 130 valence electrons. The molecule has 1 heterocycles. The molecule has 5 nitrogen and oxygen atoms in total. The predicted octanol–water partition coefficient (Wildman–Crippen LogP) is 3.20. The lowest BCUT2D eigenvalue weighted by atomic mass is 10.0. The highest BCUT2D eigenvalue weighted by atomic mass is 16.4. The highest BCUT2D eigenvalue weighted by Crippen LogP contribution is 2.30. The molecule has 3 aromatic carbocycles. The van der Waals surface area contributed by atoms with Gasteiger partial charge in [-0.2, -0.15) is 0 Å². The van der Waals surface area contributed by atoms with Gasteiger partial charge in [-0.15, -0.1) is 0 Å². The highest BCUT2D eigenvalue weighted by Gasteiger charge is 2.36. The van der Waals surface area contributed by atoms with Crippen molar-refractivity contribution < 1.29 is 19.8 Å². The van der Waals surface area contributed by atoms with Gasteiger partial charge < -0.3 is 15.1 Å².